The Labute approximate surface area is 178 Å². The minimum Gasteiger partial charge on any atom is -0.469 e. The Morgan fingerprint density at radius 1 is 1.07 bits per heavy atom. The number of hydrogen-bond donors (Lipinski definition) is 1. The standard InChI is InChI=1S/C22H21N5O2S/c1-16-19(12-13-29-16)21-24-25-22(27(21)23)30-15-20(28)26(18-10-6-3-7-11-18)14-17-8-4-2-5-9-17/h2-13H,14-15,23H2,1H3. The minimum atomic E-state index is -0.0425. The number of carbonyl (C=O) groups is 1. The molecule has 30 heavy (non-hydrogen) atoms. The topological polar surface area (TPSA) is 90.2 Å². The second-order valence-electron chi connectivity index (χ2n) is 6.66. The van der Waals surface area contributed by atoms with E-state index < -0.39 is 0 Å². The summed E-state index contributed by atoms with van der Waals surface area (Å²) in [5.74, 6) is 7.51. The van der Waals surface area contributed by atoms with Crippen molar-refractivity contribution < 1.29 is 9.21 Å². The van der Waals surface area contributed by atoms with Gasteiger partial charge in [0.1, 0.15) is 5.76 Å². The first-order valence-corrected chi connectivity index (χ1v) is 10.4. The van der Waals surface area contributed by atoms with Gasteiger partial charge in [-0.05, 0) is 30.7 Å². The van der Waals surface area contributed by atoms with Gasteiger partial charge in [0, 0.05) is 5.69 Å². The lowest BCUT2D eigenvalue weighted by atomic mass is 10.2. The number of furan rings is 1. The monoisotopic (exact) mass is 419 g/mol. The van der Waals surface area contributed by atoms with Crippen LogP contribution in [0.5, 0.6) is 0 Å². The van der Waals surface area contributed by atoms with Crippen LogP contribution in [0, 0.1) is 6.92 Å². The fourth-order valence-corrected chi connectivity index (χ4v) is 3.81. The summed E-state index contributed by atoms with van der Waals surface area (Å²) in [4.78, 5) is 14.9. The SMILES string of the molecule is Cc1occc1-c1nnc(SCC(=O)N(Cc2ccccc2)c2ccccc2)n1N. The summed E-state index contributed by atoms with van der Waals surface area (Å²) in [6.07, 6.45) is 1.58. The van der Waals surface area contributed by atoms with Crippen molar-refractivity contribution in [1.29, 1.82) is 0 Å². The van der Waals surface area contributed by atoms with Gasteiger partial charge in [0.25, 0.3) is 0 Å². The van der Waals surface area contributed by atoms with Gasteiger partial charge >= 0.3 is 0 Å². The molecule has 2 N–H and O–H groups in total. The van der Waals surface area contributed by atoms with Crippen molar-refractivity contribution in [3.63, 3.8) is 0 Å². The number of rotatable bonds is 7. The number of thioether (sulfide) groups is 1. The minimum absolute atomic E-state index is 0.0425. The smallest absolute Gasteiger partial charge is 0.237 e. The Morgan fingerprint density at radius 3 is 2.43 bits per heavy atom. The van der Waals surface area contributed by atoms with Gasteiger partial charge in [0.05, 0.1) is 24.1 Å². The zero-order chi connectivity index (χ0) is 20.9. The lowest BCUT2D eigenvalue weighted by Crippen LogP contribution is -2.32. The summed E-state index contributed by atoms with van der Waals surface area (Å²) in [7, 11) is 0. The normalized spacial score (nSPS) is 10.8. The van der Waals surface area contributed by atoms with E-state index in [-0.39, 0.29) is 11.7 Å². The number of aromatic nitrogens is 3. The third kappa shape index (κ3) is 4.23. The summed E-state index contributed by atoms with van der Waals surface area (Å²) in [6, 6.07) is 21.3. The third-order valence-electron chi connectivity index (χ3n) is 4.64. The van der Waals surface area contributed by atoms with E-state index >= 15 is 0 Å². The van der Waals surface area contributed by atoms with E-state index in [0.717, 1.165) is 16.8 Å². The zero-order valence-corrected chi connectivity index (χ0v) is 17.2. The fraction of sp³-hybridized carbons (Fsp3) is 0.136. The van der Waals surface area contributed by atoms with Gasteiger partial charge in [-0.1, -0.05) is 60.3 Å². The number of nitrogens with two attached hydrogens (primary N) is 1. The number of benzene rings is 2. The lowest BCUT2D eigenvalue weighted by molar-refractivity contribution is -0.116. The number of aryl methyl sites for hydroxylation is 1. The molecule has 0 aliphatic carbocycles. The van der Waals surface area contributed by atoms with Crippen LogP contribution in [0.25, 0.3) is 11.4 Å². The number of nitrogen functional groups attached to an aromatic ring is 1. The van der Waals surface area contributed by atoms with E-state index in [1.165, 1.54) is 16.4 Å². The first-order chi connectivity index (χ1) is 14.6. The van der Waals surface area contributed by atoms with Gasteiger partial charge in [-0.25, -0.2) is 4.68 Å². The second kappa shape index (κ2) is 8.87. The number of hydrogen-bond acceptors (Lipinski definition) is 6. The Bertz CT molecular complexity index is 1120. The van der Waals surface area contributed by atoms with Gasteiger partial charge in [-0.3, -0.25) is 4.79 Å². The Morgan fingerprint density at radius 2 is 1.77 bits per heavy atom. The molecular formula is C22H21N5O2S. The summed E-state index contributed by atoms with van der Waals surface area (Å²) < 4.78 is 6.70. The Balaban J connectivity index is 1.51. The van der Waals surface area contributed by atoms with E-state index in [1.54, 1.807) is 17.2 Å². The summed E-state index contributed by atoms with van der Waals surface area (Å²) in [5.41, 5.74) is 2.67. The highest BCUT2D eigenvalue weighted by molar-refractivity contribution is 7.99. The molecule has 2 aromatic heterocycles. The molecule has 1 amide bonds. The van der Waals surface area contributed by atoms with E-state index in [0.29, 0.717) is 23.3 Å². The maximum Gasteiger partial charge on any atom is 0.237 e. The molecule has 2 heterocycles. The first kappa shape index (κ1) is 19.8. The molecule has 0 aliphatic heterocycles. The fourth-order valence-electron chi connectivity index (χ4n) is 3.08. The zero-order valence-electron chi connectivity index (χ0n) is 16.4. The van der Waals surface area contributed by atoms with Gasteiger partial charge in [-0.2, -0.15) is 0 Å². The van der Waals surface area contributed by atoms with Crippen molar-refractivity contribution in [2.45, 2.75) is 18.6 Å². The molecule has 0 atom stereocenters. The van der Waals surface area contributed by atoms with Crippen LogP contribution in [0.2, 0.25) is 0 Å². The third-order valence-corrected chi connectivity index (χ3v) is 5.57. The second-order valence-corrected chi connectivity index (χ2v) is 7.60. The molecule has 7 nitrogen and oxygen atoms in total. The molecule has 0 saturated carbocycles. The number of carbonyl (C=O) groups excluding carboxylic acids is 1. The molecule has 4 aromatic rings. The molecule has 0 bridgehead atoms. The van der Waals surface area contributed by atoms with Crippen LogP contribution in [0.4, 0.5) is 5.69 Å². The van der Waals surface area contributed by atoms with Crippen LogP contribution < -0.4 is 10.7 Å². The highest BCUT2D eigenvalue weighted by Gasteiger charge is 2.20. The summed E-state index contributed by atoms with van der Waals surface area (Å²) in [5, 5.41) is 8.75. The Hall–Kier alpha value is -3.52. The molecule has 8 heteroatoms. The van der Waals surface area contributed by atoms with E-state index in [9.17, 15) is 4.79 Å². The molecular weight excluding hydrogens is 398 g/mol. The molecule has 152 valence electrons. The van der Waals surface area contributed by atoms with E-state index in [2.05, 4.69) is 10.2 Å². The number of para-hydroxylation sites is 1. The largest absolute Gasteiger partial charge is 0.469 e. The lowest BCUT2D eigenvalue weighted by Gasteiger charge is -2.23. The molecule has 0 radical (unpaired) electrons. The van der Waals surface area contributed by atoms with Gasteiger partial charge in [-0.15, -0.1) is 10.2 Å². The maximum atomic E-state index is 13.1. The highest BCUT2D eigenvalue weighted by atomic mass is 32.2. The molecule has 0 saturated heterocycles. The molecule has 0 unspecified atom stereocenters. The number of nitrogens with zero attached hydrogens (tertiary/aromatic N) is 4. The predicted molar refractivity (Wildman–Crippen MR) is 117 cm³/mol. The molecule has 4 rings (SSSR count). The van der Waals surface area contributed by atoms with Crippen LogP contribution in [0.15, 0.2) is 82.6 Å². The van der Waals surface area contributed by atoms with Gasteiger partial charge in [0.2, 0.25) is 11.1 Å². The maximum absolute atomic E-state index is 13.1. The average Bonchev–Trinajstić information content (AvgIpc) is 3.36. The van der Waals surface area contributed by atoms with Gasteiger partial charge in [0.15, 0.2) is 5.82 Å². The number of anilines is 1. The van der Waals surface area contributed by atoms with Crippen LogP contribution in [-0.4, -0.2) is 26.5 Å². The quantitative estimate of drug-likeness (QED) is 0.361. The van der Waals surface area contributed by atoms with E-state index in [1.807, 2.05) is 67.6 Å². The predicted octanol–water partition coefficient (Wildman–Crippen LogP) is 3.89. The highest BCUT2D eigenvalue weighted by Crippen LogP contribution is 2.26. The summed E-state index contributed by atoms with van der Waals surface area (Å²) >= 11 is 1.26. The van der Waals surface area contributed by atoms with Crippen LogP contribution in [-0.2, 0) is 11.3 Å². The van der Waals surface area contributed by atoms with Crippen molar-refractivity contribution in [3.05, 3.63) is 84.3 Å². The van der Waals surface area contributed by atoms with Crippen molar-refractivity contribution >= 4 is 23.4 Å². The van der Waals surface area contributed by atoms with Crippen molar-refractivity contribution in [2.75, 3.05) is 16.5 Å². The van der Waals surface area contributed by atoms with Crippen LogP contribution >= 0.6 is 11.8 Å². The molecule has 2 aromatic carbocycles. The average molecular weight is 420 g/mol. The molecule has 0 aliphatic rings. The van der Waals surface area contributed by atoms with Crippen molar-refractivity contribution in [1.82, 2.24) is 14.9 Å². The number of amides is 1. The Kier molecular flexibility index (Phi) is 5.85. The van der Waals surface area contributed by atoms with E-state index in [4.69, 9.17) is 10.3 Å². The van der Waals surface area contributed by atoms with Crippen LogP contribution in [0.1, 0.15) is 11.3 Å². The van der Waals surface area contributed by atoms with Crippen molar-refractivity contribution in [2.24, 2.45) is 0 Å². The van der Waals surface area contributed by atoms with Gasteiger partial charge < -0.3 is 15.2 Å². The molecule has 0 fully saturated rings. The van der Waals surface area contributed by atoms with Crippen molar-refractivity contribution in [3.8, 4) is 11.4 Å². The first-order valence-electron chi connectivity index (χ1n) is 9.40. The van der Waals surface area contributed by atoms with Crippen LogP contribution in [0.3, 0.4) is 0 Å². The summed E-state index contributed by atoms with van der Waals surface area (Å²) in [6.45, 7) is 2.32. The molecule has 0 spiro atoms.